The Hall–Kier alpha value is -2.24. The van der Waals surface area contributed by atoms with E-state index >= 15 is 0 Å². The maximum atomic E-state index is 13.2. The first-order valence-electron chi connectivity index (χ1n) is 13.1. The van der Waals surface area contributed by atoms with E-state index in [0.717, 1.165) is 18.1 Å². The summed E-state index contributed by atoms with van der Waals surface area (Å²) < 4.78 is 74.8. The van der Waals surface area contributed by atoms with Crippen molar-refractivity contribution in [2.24, 2.45) is 0 Å². The molecular formula is C25H33N5O7S3. The van der Waals surface area contributed by atoms with Gasteiger partial charge in [0, 0.05) is 38.3 Å². The Bertz CT molecular complexity index is 1540. The van der Waals surface area contributed by atoms with Crippen LogP contribution >= 0.6 is 11.7 Å². The minimum absolute atomic E-state index is 0.00793. The van der Waals surface area contributed by atoms with E-state index in [1.165, 1.54) is 16.4 Å². The number of nitrogens with zero attached hydrogens (tertiary/aromatic N) is 3. The molecule has 5 rings (SSSR count). The van der Waals surface area contributed by atoms with Crippen LogP contribution in [0.3, 0.4) is 0 Å². The molecule has 2 atom stereocenters. The van der Waals surface area contributed by atoms with E-state index < -0.39 is 31.8 Å². The third kappa shape index (κ3) is 6.46. The Labute approximate surface area is 238 Å². The van der Waals surface area contributed by atoms with Gasteiger partial charge < -0.3 is 19.9 Å². The molecule has 0 aliphatic carbocycles. The number of hydrogen-bond acceptors (Lipinski definition) is 11. The van der Waals surface area contributed by atoms with Gasteiger partial charge in [0.15, 0.2) is 0 Å². The number of benzene rings is 2. The number of hydrogen-bond donors (Lipinski definition) is 3. The van der Waals surface area contributed by atoms with Gasteiger partial charge >= 0.3 is 0 Å². The van der Waals surface area contributed by atoms with Crippen LogP contribution in [0, 0.1) is 0 Å². The molecule has 218 valence electrons. The number of aromatic nitrogens is 2. The van der Waals surface area contributed by atoms with E-state index in [0.29, 0.717) is 49.3 Å². The van der Waals surface area contributed by atoms with Crippen LogP contribution in [0.25, 0.3) is 11.0 Å². The molecule has 3 aromatic rings. The number of ether oxygens (including phenoxy) is 2. The first-order valence-corrected chi connectivity index (χ1v) is 16.8. The number of nitrogens with one attached hydrogen (secondary N) is 2. The summed E-state index contributed by atoms with van der Waals surface area (Å²) in [5, 5.41) is 13.7. The van der Waals surface area contributed by atoms with Crippen LogP contribution in [-0.2, 0) is 24.8 Å². The monoisotopic (exact) mass is 611 g/mol. The fourth-order valence-electron chi connectivity index (χ4n) is 5.09. The second-order valence-corrected chi connectivity index (χ2v) is 14.3. The minimum Gasteiger partial charge on any atom is -0.491 e. The number of aliphatic hydroxyl groups is 1. The molecule has 2 aliphatic rings. The number of sulfonamides is 2. The number of piperidine rings is 1. The van der Waals surface area contributed by atoms with Gasteiger partial charge in [-0.2, -0.15) is 13.1 Å². The minimum atomic E-state index is -3.64. The molecule has 0 saturated carbocycles. The summed E-state index contributed by atoms with van der Waals surface area (Å²) in [6.45, 7) is 3.45. The quantitative estimate of drug-likeness (QED) is 0.289. The molecule has 2 aromatic carbocycles. The second kappa shape index (κ2) is 11.9. The molecule has 3 heterocycles. The molecule has 2 aliphatic heterocycles. The van der Waals surface area contributed by atoms with Crippen molar-refractivity contribution in [3.05, 3.63) is 42.5 Å². The van der Waals surface area contributed by atoms with Crippen LogP contribution < -0.4 is 14.8 Å². The molecular weight excluding hydrogens is 579 g/mol. The van der Waals surface area contributed by atoms with Gasteiger partial charge in [0.05, 0.1) is 33.7 Å². The molecule has 2 fully saturated rings. The summed E-state index contributed by atoms with van der Waals surface area (Å²) in [5.74, 6) is 0.353. The van der Waals surface area contributed by atoms with E-state index in [4.69, 9.17) is 9.47 Å². The zero-order chi connectivity index (χ0) is 28.4. The normalized spacial score (nSPS) is 20.7. The summed E-state index contributed by atoms with van der Waals surface area (Å²) in [6.07, 6.45) is 1.07. The van der Waals surface area contributed by atoms with E-state index in [2.05, 4.69) is 18.8 Å². The topological polar surface area (TPSA) is 160 Å². The summed E-state index contributed by atoms with van der Waals surface area (Å²) in [6, 6.07) is 11.0. The van der Waals surface area contributed by atoms with Crippen molar-refractivity contribution >= 4 is 42.8 Å². The van der Waals surface area contributed by atoms with Crippen molar-refractivity contribution in [1.29, 1.82) is 0 Å². The van der Waals surface area contributed by atoms with E-state index in [9.17, 15) is 21.9 Å². The summed E-state index contributed by atoms with van der Waals surface area (Å²) in [5.41, 5.74) is 0.860. The van der Waals surface area contributed by atoms with Crippen LogP contribution in [0.5, 0.6) is 5.75 Å². The van der Waals surface area contributed by atoms with Crippen molar-refractivity contribution in [2.45, 2.75) is 53.7 Å². The fourth-order valence-corrected chi connectivity index (χ4v) is 8.14. The summed E-state index contributed by atoms with van der Waals surface area (Å²) in [4.78, 5) is 0.322. The Kier molecular flexibility index (Phi) is 8.73. The zero-order valence-electron chi connectivity index (χ0n) is 22.0. The van der Waals surface area contributed by atoms with E-state index in [-0.39, 0.29) is 35.5 Å². The van der Waals surface area contributed by atoms with E-state index in [1.54, 1.807) is 37.3 Å². The smallest absolute Gasteiger partial charge is 0.243 e. The molecule has 2 saturated heterocycles. The second-order valence-electron chi connectivity index (χ2n) is 10.1. The molecule has 1 unspecified atom stereocenters. The SMILES string of the molecule is CCNS(=O)(=O)c1cccc(OC[C@@H](O)CNC2COC3(CCN(S(=O)(=O)c4ccc5nsnc5c4)CC3)C2)c1. The van der Waals surface area contributed by atoms with Crippen LogP contribution in [0.1, 0.15) is 26.2 Å². The molecule has 0 radical (unpaired) electrons. The Morgan fingerprint density at radius 2 is 1.90 bits per heavy atom. The molecule has 40 heavy (non-hydrogen) atoms. The van der Waals surface area contributed by atoms with Gasteiger partial charge in [-0.1, -0.05) is 13.0 Å². The first-order chi connectivity index (χ1) is 19.1. The molecule has 1 aromatic heterocycles. The van der Waals surface area contributed by atoms with Crippen molar-refractivity contribution in [2.75, 3.05) is 39.4 Å². The van der Waals surface area contributed by atoms with Gasteiger partial charge in [0.1, 0.15) is 29.5 Å². The third-order valence-electron chi connectivity index (χ3n) is 7.24. The van der Waals surface area contributed by atoms with Crippen molar-refractivity contribution in [1.82, 2.24) is 23.1 Å². The predicted octanol–water partition coefficient (Wildman–Crippen LogP) is 1.33. The van der Waals surface area contributed by atoms with E-state index in [1.807, 2.05) is 0 Å². The highest BCUT2D eigenvalue weighted by molar-refractivity contribution is 7.89. The molecule has 1 spiro atoms. The van der Waals surface area contributed by atoms with Crippen molar-refractivity contribution in [3.8, 4) is 5.75 Å². The molecule has 3 N–H and O–H groups in total. The summed E-state index contributed by atoms with van der Waals surface area (Å²) in [7, 11) is -7.24. The number of aliphatic hydroxyl groups excluding tert-OH is 1. The lowest BCUT2D eigenvalue weighted by Crippen LogP contribution is -2.47. The van der Waals surface area contributed by atoms with Gasteiger partial charge in [-0.15, -0.1) is 0 Å². The largest absolute Gasteiger partial charge is 0.491 e. The van der Waals surface area contributed by atoms with Crippen LogP contribution in [-0.4, -0.2) is 92.1 Å². The van der Waals surface area contributed by atoms with Gasteiger partial charge in [0.2, 0.25) is 20.0 Å². The van der Waals surface area contributed by atoms with Crippen LogP contribution in [0.4, 0.5) is 0 Å². The van der Waals surface area contributed by atoms with Crippen molar-refractivity contribution < 1.29 is 31.4 Å². The highest BCUT2D eigenvalue weighted by Crippen LogP contribution is 2.37. The summed E-state index contributed by atoms with van der Waals surface area (Å²) >= 11 is 1.05. The van der Waals surface area contributed by atoms with Gasteiger partial charge in [-0.25, -0.2) is 21.6 Å². The standard InChI is InChI=1S/C25H33N5O7S3/c1-2-27-39(32,33)21-5-3-4-20(12-21)36-17-19(31)15-26-18-14-25(37-16-18)8-10-30(11-9-25)40(34,35)22-6-7-23-24(13-22)29-38-28-23/h3-7,12-13,18-19,26-27,31H,2,8-11,14-17H2,1H3/t18?,19-/m0/s1. The Balaban J connectivity index is 1.08. The van der Waals surface area contributed by atoms with Gasteiger partial charge in [-0.3, -0.25) is 0 Å². The molecule has 0 bridgehead atoms. The Morgan fingerprint density at radius 1 is 1.12 bits per heavy atom. The van der Waals surface area contributed by atoms with Crippen molar-refractivity contribution in [3.63, 3.8) is 0 Å². The lowest BCUT2D eigenvalue weighted by molar-refractivity contribution is -0.0312. The molecule has 0 amide bonds. The van der Waals surface area contributed by atoms with Gasteiger partial charge in [-0.05, 0) is 49.6 Å². The molecule has 12 nitrogen and oxygen atoms in total. The van der Waals surface area contributed by atoms with Crippen LogP contribution in [0.2, 0.25) is 0 Å². The lowest BCUT2D eigenvalue weighted by atomic mass is 9.88. The number of rotatable bonds is 11. The highest BCUT2D eigenvalue weighted by atomic mass is 32.2. The molecule has 15 heteroatoms. The maximum Gasteiger partial charge on any atom is 0.243 e. The maximum absolute atomic E-state index is 13.2. The zero-order valence-corrected chi connectivity index (χ0v) is 24.5. The van der Waals surface area contributed by atoms with Gasteiger partial charge in [0.25, 0.3) is 0 Å². The highest BCUT2D eigenvalue weighted by Gasteiger charge is 2.44. The lowest BCUT2D eigenvalue weighted by Gasteiger charge is -2.38. The average molecular weight is 612 g/mol. The number of fused-ring (bicyclic) bond motifs is 1. The fraction of sp³-hybridized carbons (Fsp3) is 0.520. The average Bonchev–Trinajstić information content (AvgIpc) is 3.58. The predicted molar refractivity (Wildman–Crippen MR) is 149 cm³/mol. The van der Waals surface area contributed by atoms with Crippen LogP contribution in [0.15, 0.2) is 52.3 Å². The Morgan fingerprint density at radius 3 is 2.67 bits per heavy atom. The third-order valence-corrected chi connectivity index (χ3v) is 11.2. The first kappa shape index (κ1) is 29.3.